The summed E-state index contributed by atoms with van der Waals surface area (Å²) in [6.45, 7) is 1.99. The predicted molar refractivity (Wildman–Crippen MR) is 147 cm³/mol. The van der Waals surface area contributed by atoms with Crippen molar-refractivity contribution in [1.82, 2.24) is 0 Å². The van der Waals surface area contributed by atoms with E-state index in [1.807, 2.05) is 0 Å². The summed E-state index contributed by atoms with van der Waals surface area (Å²) in [6, 6.07) is 16.1. The third-order valence-corrected chi connectivity index (χ3v) is 6.74. The summed E-state index contributed by atoms with van der Waals surface area (Å²) < 4.78 is 16.1. The van der Waals surface area contributed by atoms with Crippen molar-refractivity contribution < 1.29 is 38.5 Å². The fraction of sp³-hybridized carbons (Fsp3) is 0.167. The van der Waals surface area contributed by atoms with Gasteiger partial charge in [0.2, 0.25) is 5.78 Å². The number of aliphatic hydroxyl groups excluding tert-OH is 1. The summed E-state index contributed by atoms with van der Waals surface area (Å²) in [6.07, 6.45) is 0.0518. The number of phenols is 1. The van der Waals surface area contributed by atoms with Gasteiger partial charge in [-0.2, -0.15) is 0 Å². The zero-order chi connectivity index (χ0) is 28.6. The Kier molecular flexibility index (Phi) is 7.23. The topological polar surface area (TPSA) is 127 Å². The van der Waals surface area contributed by atoms with Gasteiger partial charge < -0.3 is 24.1 Å². The van der Waals surface area contributed by atoms with Crippen LogP contribution in [0.1, 0.15) is 34.6 Å². The quantitative estimate of drug-likeness (QED) is 0.207. The first-order valence-electron chi connectivity index (χ1n) is 12.3. The number of nitrogens with zero attached hydrogens (tertiary/aromatic N) is 1. The third kappa shape index (κ3) is 4.87. The monoisotopic (exact) mass is 561 g/mol. The molecule has 0 fully saturated rings. The lowest BCUT2D eigenvalue weighted by Crippen LogP contribution is -2.31. The van der Waals surface area contributed by atoms with Crippen LogP contribution < -0.4 is 9.64 Å². The van der Waals surface area contributed by atoms with E-state index >= 15 is 0 Å². The highest BCUT2D eigenvalue weighted by molar-refractivity contribution is 6.31. The maximum absolute atomic E-state index is 13.9. The van der Waals surface area contributed by atoms with Crippen molar-refractivity contribution in [2.45, 2.75) is 19.4 Å². The average molecular weight is 562 g/mol. The van der Waals surface area contributed by atoms with Gasteiger partial charge in [0.05, 0.1) is 31.8 Å². The van der Waals surface area contributed by atoms with Crippen molar-refractivity contribution in [1.29, 1.82) is 0 Å². The number of benzene rings is 3. The Morgan fingerprint density at radius 2 is 1.73 bits per heavy atom. The molecule has 10 heteroatoms. The minimum absolute atomic E-state index is 0.00900. The Bertz CT molecular complexity index is 1650. The molecular weight excluding hydrogens is 538 g/mol. The molecule has 2 N–H and O–H groups in total. The maximum Gasteiger partial charge on any atom is 0.310 e. The van der Waals surface area contributed by atoms with Gasteiger partial charge in [0, 0.05) is 22.2 Å². The SMILES string of the molecule is CCOC(=O)Cc1ccc(N2C(=O)C(O)=C(C(=O)c3cc4cc(Cl)cc(OC)c4o3)C2c2ccc(O)cc2)cc1. The molecule has 1 atom stereocenters. The Balaban J connectivity index is 1.57. The van der Waals surface area contributed by atoms with Gasteiger partial charge in [0.15, 0.2) is 22.9 Å². The van der Waals surface area contributed by atoms with Gasteiger partial charge in [0.25, 0.3) is 5.91 Å². The predicted octanol–water partition coefficient (Wildman–Crippen LogP) is 5.69. The molecule has 2 heterocycles. The van der Waals surface area contributed by atoms with Crippen LogP contribution in [0.2, 0.25) is 5.02 Å². The van der Waals surface area contributed by atoms with Crippen LogP contribution >= 0.6 is 11.6 Å². The molecule has 1 aromatic heterocycles. The first-order chi connectivity index (χ1) is 19.2. The van der Waals surface area contributed by atoms with Crippen molar-refractivity contribution in [3.8, 4) is 11.5 Å². The van der Waals surface area contributed by atoms with Crippen LogP contribution in [0.5, 0.6) is 11.5 Å². The van der Waals surface area contributed by atoms with E-state index in [2.05, 4.69) is 0 Å². The number of anilines is 1. The summed E-state index contributed by atoms with van der Waals surface area (Å²) in [5.41, 5.74) is 1.60. The standard InChI is InChI=1S/C30H24ClNO8/c1-3-39-24(34)12-16-4-8-20(9-5-16)32-26(17-6-10-21(33)11-7-17)25(28(36)30(32)37)27(35)22-14-18-13-19(31)15-23(38-2)29(18)40-22/h4-11,13-15,26,33,36H,3,12H2,1-2H3. The van der Waals surface area contributed by atoms with Crippen LogP contribution in [0.3, 0.4) is 0 Å². The zero-order valence-electron chi connectivity index (χ0n) is 21.5. The second-order valence-corrected chi connectivity index (χ2v) is 9.48. The number of fused-ring (bicyclic) bond motifs is 1. The molecule has 1 aliphatic rings. The molecule has 204 valence electrons. The molecule has 1 amide bonds. The van der Waals surface area contributed by atoms with Gasteiger partial charge in [-0.3, -0.25) is 19.3 Å². The molecule has 0 aliphatic carbocycles. The van der Waals surface area contributed by atoms with Crippen LogP contribution in [-0.2, 0) is 20.7 Å². The fourth-order valence-electron chi connectivity index (χ4n) is 4.71. The largest absolute Gasteiger partial charge is 0.508 e. The van der Waals surface area contributed by atoms with Crippen LogP contribution in [-0.4, -0.2) is 41.6 Å². The Morgan fingerprint density at radius 1 is 1.02 bits per heavy atom. The Hall–Kier alpha value is -4.76. The number of rotatable bonds is 8. The highest BCUT2D eigenvalue weighted by atomic mass is 35.5. The number of methoxy groups -OCH3 is 1. The van der Waals surface area contributed by atoms with Gasteiger partial charge in [-0.05, 0) is 54.4 Å². The third-order valence-electron chi connectivity index (χ3n) is 6.52. The lowest BCUT2D eigenvalue weighted by atomic mass is 9.94. The lowest BCUT2D eigenvalue weighted by Gasteiger charge is -2.27. The summed E-state index contributed by atoms with van der Waals surface area (Å²) in [5.74, 6) is -2.43. The summed E-state index contributed by atoms with van der Waals surface area (Å²) >= 11 is 6.16. The smallest absolute Gasteiger partial charge is 0.310 e. The number of carbonyl (C=O) groups is 3. The van der Waals surface area contributed by atoms with Crippen molar-refractivity contribution in [3.63, 3.8) is 0 Å². The molecule has 0 saturated heterocycles. The van der Waals surface area contributed by atoms with Gasteiger partial charge in [0.1, 0.15) is 5.75 Å². The number of ketones is 1. The van der Waals surface area contributed by atoms with E-state index in [9.17, 15) is 24.6 Å². The highest BCUT2D eigenvalue weighted by Crippen LogP contribution is 2.43. The minimum atomic E-state index is -1.05. The van der Waals surface area contributed by atoms with E-state index in [0.29, 0.717) is 33.0 Å². The number of amides is 1. The van der Waals surface area contributed by atoms with Crippen LogP contribution in [0.25, 0.3) is 11.0 Å². The van der Waals surface area contributed by atoms with Crippen molar-refractivity contribution >= 4 is 45.9 Å². The molecule has 3 aromatic carbocycles. The van der Waals surface area contributed by atoms with E-state index in [-0.39, 0.29) is 41.7 Å². The summed E-state index contributed by atoms with van der Waals surface area (Å²) in [4.78, 5) is 40.5. The molecule has 4 aromatic rings. The van der Waals surface area contributed by atoms with E-state index in [1.54, 1.807) is 55.5 Å². The number of phenolic OH excluding ortho intramolecular Hbond substituents is 1. The molecule has 1 aliphatic heterocycles. The van der Waals surface area contributed by atoms with E-state index in [4.69, 9.17) is 25.5 Å². The van der Waals surface area contributed by atoms with Gasteiger partial charge >= 0.3 is 5.97 Å². The fourth-order valence-corrected chi connectivity index (χ4v) is 4.93. The van der Waals surface area contributed by atoms with E-state index < -0.39 is 23.5 Å². The summed E-state index contributed by atoms with van der Waals surface area (Å²) in [7, 11) is 1.44. The molecule has 0 saturated carbocycles. The number of esters is 1. The lowest BCUT2D eigenvalue weighted by molar-refractivity contribution is -0.142. The number of hydrogen-bond acceptors (Lipinski definition) is 8. The maximum atomic E-state index is 13.9. The number of hydrogen-bond donors (Lipinski definition) is 2. The Labute approximate surface area is 233 Å². The number of ether oxygens (including phenoxy) is 2. The first kappa shape index (κ1) is 26.8. The molecule has 0 spiro atoms. The number of furan rings is 1. The van der Waals surface area contributed by atoms with Gasteiger partial charge in [-0.15, -0.1) is 0 Å². The van der Waals surface area contributed by atoms with E-state index in [1.165, 1.54) is 30.2 Å². The summed E-state index contributed by atoms with van der Waals surface area (Å²) in [5, 5.41) is 21.8. The molecule has 0 radical (unpaired) electrons. The zero-order valence-corrected chi connectivity index (χ0v) is 22.3. The Morgan fingerprint density at radius 3 is 2.38 bits per heavy atom. The number of aliphatic hydroxyl groups is 1. The highest BCUT2D eigenvalue weighted by Gasteiger charge is 2.45. The first-order valence-corrected chi connectivity index (χ1v) is 12.7. The molecule has 9 nitrogen and oxygen atoms in total. The van der Waals surface area contributed by atoms with E-state index in [0.717, 1.165) is 0 Å². The van der Waals surface area contributed by atoms with Crippen LogP contribution in [0.4, 0.5) is 5.69 Å². The van der Waals surface area contributed by atoms with Crippen LogP contribution in [0.15, 0.2) is 82.5 Å². The van der Waals surface area contributed by atoms with Gasteiger partial charge in [-0.25, -0.2) is 0 Å². The molecule has 1 unspecified atom stereocenters. The molecule has 40 heavy (non-hydrogen) atoms. The second kappa shape index (κ2) is 10.8. The van der Waals surface area contributed by atoms with Crippen LogP contribution in [0, 0.1) is 0 Å². The average Bonchev–Trinajstić information content (AvgIpc) is 3.47. The number of carbonyl (C=O) groups excluding carboxylic acids is 3. The van der Waals surface area contributed by atoms with Crippen molar-refractivity contribution in [2.75, 3.05) is 18.6 Å². The van der Waals surface area contributed by atoms with Crippen molar-refractivity contribution in [2.24, 2.45) is 0 Å². The molecule has 0 bridgehead atoms. The minimum Gasteiger partial charge on any atom is -0.508 e. The normalized spacial score (nSPS) is 15.1. The number of halogens is 1. The molecule has 5 rings (SSSR count). The molecular formula is C30H24ClNO8. The second-order valence-electron chi connectivity index (χ2n) is 9.05. The number of Topliss-reactive ketones (excluding diaryl/α,β-unsaturated/α-hetero) is 1. The van der Waals surface area contributed by atoms with Crippen molar-refractivity contribution in [3.05, 3.63) is 100.0 Å². The van der Waals surface area contributed by atoms with Gasteiger partial charge in [-0.1, -0.05) is 35.9 Å². The number of aromatic hydroxyl groups is 1.